The number of nitrogens with one attached hydrogen (secondary N) is 1. The van der Waals surface area contributed by atoms with Gasteiger partial charge in [0.05, 0.1) is 11.9 Å². The highest BCUT2D eigenvalue weighted by Crippen LogP contribution is 2.28. The topological polar surface area (TPSA) is 96.0 Å². The van der Waals surface area contributed by atoms with Gasteiger partial charge in [-0.1, -0.05) is 47.5 Å². The van der Waals surface area contributed by atoms with Gasteiger partial charge in [-0.15, -0.1) is 0 Å². The van der Waals surface area contributed by atoms with E-state index in [2.05, 4.69) is 5.32 Å². The Kier molecular flexibility index (Phi) is 10.2. The predicted molar refractivity (Wildman–Crippen MR) is 155 cm³/mol. The first-order valence-electron chi connectivity index (χ1n) is 12.2. The zero-order valence-electron chi connectivity index (χ0n) is 22.1. The number of para-hydroxylation sites is 1. The molecular weight excluding hydrogens is 561 g/mol. The Labute approximate surface area is 239 Å². The van der Waals surface area contributed by atoms with Crippen LogP contribution in [0.4, 0.5) is 5.69 Å². The van der Waals surface area contributed by atoms with Crippen molar-refractivity contribution in [3.63, 3.8) is 0 Å². The van der Waals surface area contributed by atoms with Crippen LogP contribution in [0, 0.1) is 0 Å². The Morgan fingerprint density at radius 3 is 1.97 bits per heavy atom. The third-order valence-electron chi connectivity index (χ3n) is 5.77. The number of nitrogens with zero attached hydrogens (tertiary/aromatic N) is 2. The van der Waals surface area contributed by atoms with E-state index in [0.717, 1.165) is 10.6 Å². The van der Waals surface area contributed by atoms with Gasteiger partial charge in [-0.3, -0.25) is 13.9 Å². The smallest absolute Gasteiger partial charge is 0.244 e. The lowest BCUT2D eigenvalue weighted by Crippen LogP contribution is -2.52. The average Bonchev–Trinajstić information content (AvgIpc) is 2.87. The zero-order chi connectivity index (χ0) is 28.7. The molecule has 3 aromatic rings. The Morgan fingerprint density at radius 2 is 1.44 bits per heavy atom. The molecule has 8 nitrogen and oxygen atoms in total. The molecule has 0 aromatic heterocycles. The third kappa shape index (κ3) is 8.36. The molecule has 0 heterocycles. The van der Waals surface area contributed by atoms with Gasteiger partial charge in [-0.2, -0.15) is 0 Å². The van der Waals surface area contributed by atoms with E-state index in [1.807, 2.05) is 18.2 Å². The monoisotopic (exact) mass is 591 g/mol. The number of hydrogen-bond donors (Lipinski definition) is 1. The molecule has 11 heteroatoms. The van der Waals surface area contributed by atoms with Gasteiger partial charge in [0, 0.05) is 28.2 Å². The van der Waals surface area contributed by atoms with Crippen molar-refractivity contribution >= 4 is 50.7 Å². The third-order valence-corrected chi connectivity index (χ3v) is 7.62. The van der Waals surface area contributed by atoms with Crippen LogP contribution in [0.2, 0.25) is 10.0 Å². The highest BCUT2D eigenvalue weighted by molar-refractivity contribution is 7.92. The number of sulfonamides is 1. The molecular formula is C28H31Cl2N3O5S. The van der Waals surface area contributed by atoms with E-state index < -0.39 is 34.4 Å². The van der Waals surface area contributed by atoms with Crippen LogP contribution >= 0.6 is 23.2 Å². The second kappa shape index (κ2) is 13.2. The van der Waals surface area contributed by atoms with Gasteiger partial charge in [0.15, 0.2) is 0 Å². The van der Waals surface area contributed by atoms with Crippen molar-refractivity contribution in [1.29, 1.82) is 0 Å². The molecule has 0 saturated heterocycles. The van der Waals surface area contributed by atoms with E-state index in [1.165, 1.54) is 4.90 Å². The van der Waals surface area contributed by atoms with E-state index in [0.29, 0.717) is 27.1 Å². The first kappa shape index (κ1) is 30.3. The molecule has 0 aliphatic carbocycles. The summed E-state index contributed by atoms with van der Waals surface area (Å²) in [4.78, 5) is 27.8. The standard InChI is InChI=1S/C28H31Cl2N3O5S/c1-19(2)31-28(35)20(3)32(17-24-25(29)11-8-12-26(24)30)27(34)18-33(39(4,36)37)21-13-15-23(16-14-21)38-22-9-6-5-7-10-22/h5-16,19-20H,17-18H2,1-4H3,(H,31,35)/t20-/m0/s1. The minimum atomic E-state index is -3.88. The van der Waals surface area contributed by atoms with Crippen molar-refractivity contribution in [2.24, 2.45) is 0 Å². The molecule has 3 rings (SSSR count). The van der Waals surface area contributed by atoms with Crippen LogP contribution in [0.25, 0.3) is 0 Å². The maximum absolute atomic E-state index is 13.7. The van der Waals surface area contributed by atoms with Crippen LogP contribution in [-0.4, -0.2) is 50.0 Å². The molecule has 0 aliphatic heterocycles. The summed E-state index contributed by atoms with van der Waals surface area (Å²) < 4.78 is 32.3. The Balaban J connectivity index is 1.90. The maximum Gasteiger partial charge on any atom is 0.244 e. The van der Waals surface area contributed by atoms with Gasteiger partial charge < -0.3 is 15.0 Å². The Bertz CT molecular complexity index is 1380. The quantitative estimate of drug-likeness (QED) is 0.318. The molecule has 0 saturated carbocycles. The van der Waals surface area contributed by atoms with Crippen molar-refractivity contribution in [2.45, 2.75) is 39.4 Å². The van der Waals surface area contributed by atoms with Gasteiger partial charge in [0.25, 0.3) is 0 Å². The second-order valence-corrected chi connectivity index (χ2v) is 12.0. The molecule has 1 N–H and O–H groups in total. The number of rotatable bonds is 11. The molecule has 208 valence electrons. The molecule has 0 spiro atoms. The first-order valence-corrected chi connectivity index (χ1v) is 14.8. The molecule has 39 heavy (non-hydrogen) atoms. The van der Waals surface area contributed by atoms with E-state index in [9.17, 15) is 18.0 Å². The number of ether oxygens (including phenoxy) is 1. The number of anilines is 1. The average molecular weight is 593 g/mol. The van der Waals surface area contributed by atoms with Crippen molar-refractivity contribution in [1.82, 2.24) is 10.2 Å². The normalized spacial score (nSPS) is 12.1. The van der Waals surface area contributed by atoms with Crippen molar-refractivity contribution in [2.75, 3.05) is 17.1 Å². The number of benzene rings is 3. The minimum absolute atomic E-state index is 0.0918. The summed E-state index contributed by atoms with van der Waals surface area (Å²) >= 11 is 12.7. The first-order chi connectivity index (χ1) is 18.4. The summed E-state index contributed by atoms with van der Waals surface area (Å²) in [5.74, 6) is 0.129. The number of amides is 2. The summed E-state index contributed by atoms with van der Waals surface area (Å²) in [7, 11) is -3.88. The van der Waals surface area contributed by atoms with Crippen LogP contribution in [0.15, 0.2) is 72.8 Å². The summed E-state index contributed by atoms with van der Waals surface area (Å²) in [6.45, 7) is 4.54. The number of hydrogen-bond acceptors (Lipinski definition) is 5. The van der Waals surface area contributed by atoms with Gasteiger partial charge in [-0.05, 0) is 69.3 Å². The van der Waals surface area contributed by atoms with Crippen LogP contribution in [0.3, 0.4) is 0 Å². The fraction of sp³-hybridized carbons (Fsp3) is 0.286. The van der Waals surface area contributed by atoms with Crippen LogP contribution in [-0.2, 0) is 26.2 Å². The number of carbonyl (C=O) groups excluding carboxylic acids is 2. The lowest BCUT2D eigenvalue weighted by Gasteiger charge is -2.32. The summed E-state index contributed by atoms with van der Waals surface area (Å²) in [6, 6.07) is 19.3. The van der Waals surface area contributed by atoms with E-state index in [4.69, 9.17) is 27.9 Å². The number of carbonyl (C=O) groups is 2. The molecule has 0 unspecified atom stereocenters. The van der Waals surface area contributed by atoms with E-state index in [-0.39, 0.29) is 18.3 Å². The minimum Gasteiger partial charge on any atom is -0.457 e. The molecule has 0 aliphatic rings. The lowest BCUT2D eigenvalue weighted by molar-refractivity contribution is -0.139. The maximum atomic E-state index is 13.7. The fourth-order valence-corrected chi connectivity index (χ4v) is 5.13. The zero-order valence-corrected chi connectivity index (χ0v) is 24.4. The van der Waals surface area contributed by atoms with Crippen LogP contribution in [0.5, 0.6) is 11.5 Å². The Morgan fingerprint density at radius 1 is 0.872 bits per heavy atom. The Hall–Kier alpha value is -3.27. The SMILES string of the molecule is CC(C)NC(=O)[C@H](C)N(Cc1c(Cl)cccc1Cl)C(=O)CN(c1ccc(Oc2ccccc2)cc1)S(C)(=O)=O. The molecule has 2 amide bonds. The molecule has 0 fully saturated rings. The van der Waals surface area contributed by atoms with Gasteiger partial charge in [0.1, 0.15) is 24.1 Å². The van der Waals surface area contributed by atoms with Crippen molar-refractivity contribution < 1.29 is 22.7 Å². The number of halogens is 2. The fourth-order valence-electron chi connectivity index (χ4n) is 3.76. The van der Waals surface area contributed by atoms with Crippen molar-refractivity contribution in [3.8, 4) is 11.5 Å². The lowest BCUT2D eigenvalue weighted by atomic mass is 10.1. The van der Waals surface area contributed by atoms with Gasteiger partial charge >= 0.3 is 0 Å². The summed E-state index contributed by atoms with van der Waals surface area (Å²) in [5, 5.41) is 3.44. The molecule has 3 aromatic carbocycles. The summed E-state index contributed by atoms with van der Waals surface area (Å²) in [6.07, 6.45) is 1.01. The second-order valence-electron chi connectivity index (χ2n) is 9.24. The van der Waals surface area contributed by atoms with Crippen molar-refractivity contribution in [3.05, 3.63) is 88.4 Å². The van der Waals surface area contributed by atoms with Gasteiger partial charge in [0.2, 0.25) is 21.8 Å². The highest BCUT2D eigenvalue weighted by Gasteiger charge is 2.31. The molecule has 0 bridgehead atoms. The van der Waals surface area contributed by atoms with Crippen LogP contribution in [0.1, 0.15) is 26.3 Å². The summed E-state index contributed by atoms with van der Waals surface area (Å²) in [5.41, 5.74) is 0.716. The van der Waals surface area contributed by atoms with Crippen LogP contribution < -0.4 is 14.4 Å². The molecule has 0 radical (unpaired) electrons. The van der Waals surface area contributed by atoms with Gasteiger partial charge in [-0.25, -0.2) is 8.42 Å². The van der Waals surface area contributed by atoms with E-state index >= 15 is 0 Å². The largest absolute Gasteiger partial charge is 0.457 e. The predicted octanol–water partition coefficient (Wildman–Crippen LogP) is 5.49. The molecule has 1 atom stereocenters. The van der Waals surface area contributed by atoms with E-state index in [1.54, 1.807) is 75.4 Å². The highest BCUT2D eigenvalue weighted by atomic mass is 35.5.